The molecule has 4 aliphatic carbocycles. The Labute approximate surface area is 480 Å². The number of ether oxygens (including phenoxy) is 12. The van der Waals surface area contributed by atoms with E-state index in [0.717, 1.165) is 27.7 Å². The molecule has 32 heteroatoms. The zero-order chi connectivity index (χ0) is 63.3. The summed E-state index contributed by atoms with van der Waals surface area (Å²) in [6.07, 6.45) is -26.8. The third kappa shape index (κ3) is 21.9. The van der Waals surface area contributed by atoms with E-state index in [1.165, 1.54) is 0 Å². The highest BCUT2D eigenvalue weighted by molar-refractivity contribution is 6.14. The summed E-state index contributed by atoms with van der Waals surface area (Å²) >= 11 is 0. The molecular formula is C53H60O32. The van der Waals surface area contributed by atoms with Gasteiger partial charge in [0.15, 0.2) is 70.7 Å². The summed E-state index contributed by atoms with van der Waals surface area (Å²) in [5.41, 5.74) is 0. The molecule has 4 atom stereocenters. The van der Waals surface area contributed by atoms with Crippen molar-refractivity contribution in [3.05, 3.63) is 0 Å². The van der Waals surface area contributed by atoms with Gasteiger partial charge in [-0.2, -0.15) is 0 Å². The molecule has 4 unspecified atom stereocenters. The van der Waals surface area contributed by atoms with Crippen LogP contribution in [0, 0.1) is 0 Å². The molecule has 4 aliphatic rings. The zero-order valence-electron chi connectivity index (χ0n) is 46.3. The summed E-state index contributed by atoms with van der Waals surface area (Å²) in [5, 5.41) is 0. The van der Waals surface area contributed by atoms with Crippen LogP contribution < -0.4 is 0 Å². The fourth-order valence-corrected chi connectivity index (χ4v) is 7.71. The molecule has 0 aromatic rings. The molecule has 85 heavy (non-hydrogen) atoms. The summed E-state index contributed by atoms with van der Waals surface area (Å²) in [4.78, 5) is 251. The molecule has 0 aromatic heterocycles. The first-order valence-electron chi connectivity index (χ1n) is 26.7. The fraction of sp³-hybridized carbons (Fsp3) is 0.623. The predicted molar refractivity (Wildman–Crippen MR) is 261 cm³/mol. The summed E-state index contributed by atoms with van der Waals surface area (Å²) < 4.78 is 60.0. The standard InChI is InChI=1S/C53H60O32/c1-25(74-37(62)9-5-13-41(66)78-45-29(54)17-18-30(45)55)49(70)82-53(83-50(71)26(2)75-38(63)10-6-14-42(67)79-46-31(56)19-20-32(46)57,84-51(72)27(3)76-39(64)11-7-15-43(68)80-47-33(58)21-22-34(47)59)85-52(73)28(4)77-40(65)12-8-16-44(69)81-48-35(60)23-24-36(48)61/h25-28,45-48H,5-24H2,1-4H3. The van der Waals surface area contributed by atoms with Crippen molar-refractivity contribution >= 4 is 118 Å². The predicted octanol–water partition coefficient (Wildman–Crippen LogP) is -0.446. The number of carbonyl (C=O) groups excluding carboxylic acids is 20. The second-order valence-electron chi connectivity index (χ2n) is 19.3. The average molecular weight is 1210 g/mol. The Hall–Kier alpha value is -9.00. The SMILES string of the molecule is CC(OC(=O)CCCC(=O)OC1C(=O)CCC1=O)C(=O)OC(OC(=O)C(C)OC(=O)CCCC(=O)OC1C(=O)CCC1=O)(OC(=O)C(C)OC(=O)CCCC(=O)OC1C(=O)CCC1=O)OC(=O)C(C)OC(=O)CCCC(=O)OC1C(=O)CCC1=O. The molecule has 0 saturated heterocycles. The maximum Gasteiger partial charge on any atom is 0.620 e. The van der Waals surface area contributed by atoms with Gasteiger partial charge in [-0.05, 0) is 53.4 Å². The first kappa shape index (κ1) is 68.5. The van der Waals surface area contributed by atoms with Gasteiger partial charge in [0.1, 0.15) is 0 Å². The Bertz CT molecular complexity index is 2300. The van der Waals surface area contributed by atoms with Gasteiger partial charge in [0.05, 0.1) is 0 Å². The Morgan fingerprint density at radius 1 is 0.294 bits per heavy atom. The van der Waals surface area contributed by atoms with Crippen LogP contribution in [0.15, 0.2) is 0 Å². The third-order valence-corrected chi connectivity index (χ3v) is 12.3. The van der Waals surface area contributed by atoms with Crippen LogP contribution in [0.25, 0.3) is 0 Å². The number of hydrogen-bond acceptors (Lipinski definition) is 32. The van der Waals surface area contributed by atoms with E-state index in [0.29, 0.717) is 0 Å². The number of carbonyl (C=O) groups is 20. The highest BCUT2D eigenvalue weighted by Crippen LogP contribution is 2.26. The first-order chi connectivity index (χ1) is 40.0. The molecule has 4 fully saturated rings. The third-order valence-electron chi connectivity index (χ3n) is 12.3. The van der Waals surface area contributed by atoms with E-state index >= 15 is 0 Å². The van der Waals surface area contributed by atoms with Crippen molar-refractivity contribution in [2.75, 3.05) is 0 Å². The van der Waals surface area contributed by atoms with Gasteiger partial charge >= 0.3 is 77.8 Å². The topological polar surface area (TPSA) is 452 Å². The van der Waals surface area contributed by atoms with Crippen molar-refractivity contribution in [3.8, 4) is 0 Å². The number of hydrogen-bond donors (Lipinski definition) is 0. The molecule has 0 aromatic carbocycles. The van der Waals surface area contributed by atoms with Crippen LogP contribution in [0.5, 0.6) is 0 Å². The van der Waals surface area contributed by atoms with Crippen molar-refractivity contribution in [3.63, 3.8) is 0 Å². The Morgan fingerprint density at radius 2 is 0.447 bits per heavy atom. The Morgan fingerprint density at radius 3 is 0.612 bits per heavy atom. The average Bonchev–Trinajstić information content (AvgIpc) is 4.35. The smallest absolute Gasteiger partial charge is 0.451 e. The van der Waals surface area contributed by atoms with Gasteiger partial charge in [-0.3, -0.25) is 76.7 Å². The van der Waals surface area contributed by atoms with Gasteiger partial charge in [-0.15, -0.1) is 0 Å². The summed E-state index contributed by atoms with van der Waals surface area (Å²) in [7, 11) is 0. The Balaban J connectivity index is 1.53. The number of Topliss-reactive ketones (excluding diaryl/α,β-unsaturated/α-hetero) is 8. The van der Waals surface area contributed by atoms with Gasteiger partial charge in [0, 0.05) is 103 Å². The van der Waals surface area contributed by atoms with Gasteiger partial charge in [-0.25, -0.2) is 19.2 Å². The van der Waals surface area contributed by atoms with Gasteiger partial charge in [0.25, 0.3) is 0 Å². The van der Waals surface area contributed by atoms with Crippen LogP contribution in [0.1, 0.15) is 156 Å². The molecule has 4 saturated carbocycles. The zero-order valence-corrected chi connectivity index (χ0v) is 46.3. The molecule has 0 N–H and O–H groups in total. The number of esters is 12. The van der Waals surface area contributed by atoms with Crippen LogP contribution in [0.4, 0.5) is 0 Å². The lowest BCUT2D eigenvalue weighted by molar-refractivity contribution is -0.436. The quantitative estimate of drug-likeness (QED) is 0.0356. The van der Waals surface area contributed by atoms with Gasteiger partial charge < -0.3 is 56.8 Å². The minimum absolute atomic E-state index is 0.140. The normalized spacial score (nSPS) is 17.8. The van der Waals surface area contributed by atoms with E-state index < -0.39 is 224 Å². The van der Waals surface area contributed by atoms with Crippen LogP contribution >= 0.6 is 0 Å². The first-order valence-corrected chi connectivity index (χ1v) is 26.7. The lowest BCUT2D eigenvalue weighted by atomic mass is 10.2. The molecule has 0 spiro atoms. The van der Waals surface area contributed by atoms with E-state index in [-0.39, 0.29) is 77.0 Å². The minimum atomic E-state index is -4.24. The maximum atomic E-state index is 13.8. The molecule has 464 valence electrons. The van der Waals surface area contributed by atoms with Crippen molar-refractivity contribution in [1.82, 2.24) is 0 Å². The van der Waals surface area contributed by atoms with E-state index in [1.54, 1.807) is 0 Å². The largest absolute Gasteiger partial charge is 0.620 e. The number of rotatable bonds is 32. The van der Waals surface area contributed by atoms with Crippen LogP contribution in [-0.4, -0.2) is 173 Å². The van der Waals surface area contributed by atoms with E-state index in [4.69, 9.17) is 56.8 Å². The molecule has 0 radical (unpaired) electrons. The molecule has 0 amide bonds. The highest BCUT2D eigenvalue weighted by Gasteiger charge is 2.54. The summed E-state index contributed by atoms with van der Waals surface area (Å²) in [6.45, 7) is 3.22. The molecule has 32 nitrogen and oxygen atoms in total. The fourth-order valence-electron chi connectivity index (χ4n) is 7.71. The lowest BCUT2D eigenvalue weighted by Gasteiger charge is -2.31. The number of ketones is 8. The van der Waals surface area contributed by atoms with Crippen molar-refractivity contribution < 1.29 is 153 Å². The highest BCUT2D eigenvalue weighted by atomic mass is 17.0. The van der Waals surface area contributed by atoms with E-state index in [9.17, 15) is 95.9 Å². The van der Waals surface area contributed by atoms with Crippen LogP contribution in [-0.2, 0) is 153 Å². The maximum absolute atomic E-state index is 13.8. The van der Waals surface area contributed by atoms with E-state index in [1.807, 2.05) is 0 Å². The molecular weight excluding hydrogens is 1150 g/mol. The van der Waals surface area contributed by atoms with Crippen LogP contribution in [0.2, 0.25) is 0 Å². The summed E-state index contributed by atoms with van der Waals surface area (Å²) in [5.74, 6) is -21.9. The Kier molecular flexibility index (Phi) is 25.9. The van der Waals surface area contributed by atoms with Crippen molar-refractivity contribution in [1.29, 1.82) is 0 Å². The molecule has 0 bridgehead atoms. The van der Waals surface area contributed by atoms with Gasteiger partial charge in [-0.1, -0.05) is 0 Å². The second-order valence-corrected chi connectivity index (χ2v) is 19.3. The van der Waals surface area contributed by atoms with Crippen LogP contribution in [0.3, 0.4) is 0 Å². The lowest BCUT2D eigenvalue weighted by Crippen LogP contribution is -2.53. The van der Waals surface area contributed by atoms with Gasteiger partial charge in [0.2, 0.25) is 24.4 Å². The minimum Gasteiger partial charge on any atom is -0.451 e. The van der Waals surface area contributed by atoms with Crippen molar-refractivity contribution in [2.45, 2.75) is 211 Å². The molecule has 0 heterocycles. The molecule has 0 aliphatic heterocycles. The summed E-state index contributed by atoms with van der Waals surface area (Å²) in [6, 6.07) is 0. The molecule has 4 rings (SSSR count). The monoisotopic (exact) mass is 1210 g/mol. The second kappa shape index (κ2) is 32.2. The van der Waals surface area contributed by atoms with Crippen molar-refractivity contribution in [2.24, 2.45) is 0 Å². The van der Waals surface area contributed by atoms with E-state index in [2.05, 4.69) is 0 Å².